The quantitative estimate of drug-likeness (QED) is 0.0195. The maximum absolute atomic E-state index is 12.8. The summed E-state index contributed by atoms with van der Waals surface area (Å²) in [6.45, 7) is 4.57. The van der Waals surface area contributed by atoms with Crippen LogP contribution in [0.4, 0.5) is 0 Å². The average molecular weight is 1110 g/mol. The summed E-state index contributed by atoms with van der Waals surface area (Å²) >= 11 is 0. The molecule has 0 bridgehead atoms. The summed E-state index contributed by atoms with van der Waals surface area (Å²) in [7, 11) is 5.90. The van der Waals surface area contributed by atoms with Crippen LogP contribution in [0.25, 0.3) is 0 Å². The van der Waals surface area contributed by atoms with Gasteiger partial charge in [0.25, 0.3) is 0 Å². The lowest BCUT2D eigenvalue weighted by Crippen LogP contribution is -2.44. The summed E-state index contributed by atoms with van der Waals surface area (Å²) in [6.07, 6.45) is 78.4. The number of quaternary nitrogens is 1. The third-order valence-corrected chi connectivity index (χ3v) is 14.1. The van der Waals surface area contributed by atoms with Crippen molar-refractivity contribution in [3.05, 3.63) is 85.1 Å². The molecule has 2 atom stereocenters. The number of ether oxygens (including phenoxy) is 4. The molecule has 0 aromatic rings. The third-order valence-electron chi connectivity index (χ3n) is 14.1. The number of likely N-dealkylation sites (N-methyl/N-ethyl adjacent to an activating group) is 1. The van der Waals surface area contributed by atoms with E-state index in [0.717, 1.165) is 57.8 Å². The summed E-state index contributed by atoms with van der Waals surface area (Å²) in [6, 6.07) is 0. The summed E-state index contributed by atoms with van der Waals surface area (Å²) in [5, 5.41) is 11.8. The number of allylic oxidation sites excluding steroid dienone is 14. The molecule has 79 heavy (non-hydrogen) atoms. The molecule has 0 radical (unpaired) electrons. The zero-order valence-corrected chi connectivity index (χ0v) is 52.0. The molecule has 0 aliphatic heterocycles. The van der Waals surface area contributed by atoms with Gasteiger partial charge in [0.15, 0.2) is 12.4 Å². The second-order valence-electron chi connectivity index (χ2n) is 23.0. The highest BCUT2D eigenvalue weighted by Crippen LogP contribution is 2.17. The van der Waals surface area contributed by atoms with Crippen LogP contribution in [0.3, 0.4) is 0 Å². The van der Waals surface area contributed by atoms with Crippen LogP contribution < -0.4 is 5.11 Å². The van der Waals surface area contributed by atoms with Crippen molar-refractivity contribution in [1.82, 2.24) is 0 Å². The smallest absolute Gasteiger partial charge is 0.306 e. The van der Waals surface area contributed by atoms with Crippen molar-refractivity contribution in [2.75, 3.05) is 47.5 Å². The Kier molecular flexibility index (Phi) is 57.9. The molecule has 0 heterocycles. The molecule has 0 aromatic carbocycles. The van der Waals surface area contributed by atoms with E-state index >= 15 is 0 Å². The van der Waals surface area contributed by atoms with Gasteiger partial charge in [0.1, 0.15) is 13.2 Å². The van der Waals surface area contributed by atoms with Crippen molar-refractivity contribution in [3.63, 3.8) is 0 Å². The number of hydrogen-bond acceptors (Lipinski definition) is 8. The van der Waals surface area contributed by atoms with Crippen molar-refractivity contribution < 1.29 is 42.9 Å². The first-order chi connectivity index (χ1) is 38.6. The monoisotopic (exact) mass is 1110 g/mol. The van der Waals surface area contributed by atoms with Gasteiger partial charge in [-0.15, -0.1) is 0 Å². The number of unbranched alkanes of at least 4 members (excludes halogenated alkanes) is 31. The summed E-state index contributed by atoms with van der Waals surface area (Å²) in [5.41, 5.74) is 0. The van der Waals surface area contributed by atoms with E-state index in [9.17, 15) is 19.5 Å². The molecule has 0 spiro atoms. The molecular weight excluding hydrogens is 983 g/mol. The molecule has 0 rings (SSSR count). The Morgan fingerprint density at radius 3 is 1.13 bits per heavy atom. The second kappa shape index (κ2) is 60.6. The van der Waals surface area contributed by atoms with E-state index in [-0.39, 0.29) is 38.6 Å². The van der Waals surface area contributed by atoms with Crippen molar-refractivity contribution in [2.45, 2.75) is 296 Å². The highest BCUT2D eigenvalue weighted by Gasteiger charge is 2.22. The number of aliphatic carboxylic acids is 1. The minimum atomic E-state index is -1.64. The Labute approximate surface area is 487 Å². The van der Waals surface area contributed by atoms with Crippen LogP contribution in [0, 0.1) is 0 Å². The number of carbonyl (C=O) groups excluding carboxylic acids is 3. The lowest BCUT2D eigenvalue weighted by atomic mass is 10.0. The average Bonchev–Trinajstić information content (AvgIpc) is 3.42. The van der Waals surface area contributed by atoms with Crippen molar-refractivity contribution >= 4 is 17.9 Å². The highest BCUT2D eigenvalue weighted by molar-refractivity contribution is 5.70. The molecule has 0 aliphatic carbocycles. The number of rotatable bonds is 60. The van der Waals surface area contributed by atoms with E-state index in [1.807, 2.05) is 33.3 Å². The van der Waals surface area contributed by atoms with Crippen molar-refractivity contribution in [1.29, 1.82) is 0 Å². The lowest BCUT2D eigenvalue weighted by Gasteiger charge is -2.26. The Balaban J connectivity index is 4.10. The first kappa shape index (κ1) is 75.5. The van der Waals surface area contributed by atoms with Crippen molar-refractivity contribution in [3.8, 4) is 0 Å². The molecule has 9 nitrogen and oxygen atoms in total. The molecule has 0 saturated heterocycles. The van der Waals surface area contributed by atoms with Gasteiger partial charge in [0.2, 0.25) is 0 Å². The lowest BCUT2D eigenvalue weighted by molar-refractivity contribution is -0.870. The fourth-order valence-corrected chi connectivity index (χ4v) is 9.15. The SMILES string of the molecule is CC/C=C\C/C=C\C/C=C\C/C=C\C/C=C\C/C=C\CCC(=O)OC(COC(=O)CCCCCCCCCCCCCCCCCCCCCCCCC/C=C\CCCCCCCCCC)COC(OCC[N+](C)(C)C)C(=O)[O-]. The largest absolute Gasteiger partial charge is 0.545 e. The molecule has 0 saturated carbocycles. The highest BCUT2D eigenvalue weighted by atomic mass is 16.7. The first-order valence-corrected chi connectivity index (χ1v) is 32.7. The Morgan fingerprint density at radius 1 is 0.392 bits per heavy atom. The molecular formula is C70H123NO8. The molecule has 0 amide bonds. The fraction of sp³-hybridized carbons (Fsp3) is 0.757. The maximum atomic E-state index is 12.8. The van der Waals surface area contributed by atoms with Gasteiger partial charge < -0.3 is 33.3 Å². The molecule has 2 unspecified atom stereocenters. The third kappa shape index (κ3) is 61.9. The van der Waals surface area contributed by atoms with E-state index in [1.165, 1.54) is 193 Å². The topological polar surface area (TPSA) is 111 Å². The predicted octanol–water partition coefficient (Wildman–Crippen LogP) is 18.6. The number of nitrogens with zero attached hydrogens (tertiary/aromatic N) is 1. The molecule has 0 N–H and O–H groups in total. The van der Waals surface area contributed by atoms with E-state index < -0.39 is 24.3 Å². The van der Waals surface area contributed by atoms with Crippen LogP contribution in [0.2, 0.25) is 0 Å². The molecule has 0 aromatic heterocycles. The van der Waals surface area contributed by atoms with E-state index in [4.69, 9.17) is 18.9 Å². The van der Waals surface area contributed by atoms with Gasteiger partial charge in [-0.25, -0.2) is 0 Å². The molecule has 456 valence electrons. The van der Waals surface area contributed by atoms with E-state index in [1.54, 1.807) is 0 Å². The Morgan fingerprint density at radius 2 is 0.747 bits per heavy atom. The van der Waals surface area contributed by atoms with Gasteiger partial charge in [-0.3, -0.25) is 9.59 Å². The minimum Gasteiger partial charge on any atom is -0.545 e. The second-order valence-corrected chi connectivity index (χ2v) is 23.0. The van der Waals surface area contributed by atoms with Gasteiger partial charge in [-0.2, -0.15) is 0 Å². The fourth-order valence-electron chi connectivity index (χ4n) is 9.15. The number of carboxylic acids is 1. The Bertz CT molecular complexity index is 1570. The zero-order chi connectivity index (χ0) is 57.6. The van der Waals surface area contributed by atoms with Crippen LogP contribution in [-0.2, 0) is 33.3 Å². The van der Waals surface area contributed by atoms with Gasteiger partial charge in [0.05, 0.1) is 40.3 Å². The van der Waals surface area contributed by atoms with Crippen LogP contribution in [0.5, 0.6) is 0 Å². The van der Waals surface area contributed by atoms with Crippen molar-refractivity contribution in [2.24, 2.45) is 0 Å². The van der Waals surface area contributed by atoms with Gasteiger partial charge >= 0.3 is 11.9 Å². The number of hydrogen-bond donors (Lipinski definition) is 0. The molecule has 0 aliphatic rings. The summed E-state index contributed by atoms with van der Waals surface area (Å²) < 4.78 is 22.6. The number of carboxylic acid groups (broad SMARTS) is 1. The molecule has 0 fully saturated rings. The number of esters is 2. The van der Waals surface area contributed by atoms with Gasteiger partial charge in [-0.05, 0) is 77.0 Å². The molecule has 9 heteroatoms. The van der Waals surface area contributed by atoms with Crippen LogP contribution in [-0.4, -0.2) is 82.3 Å². The number of carbonyl (C=O) groups is 3. The van der Waals surface area contributed by atoms with Crippen LogP contribution in [0.15, 0.2) is 85.1 Å². The van der Waals surface area contributed by atoms with E-state index in [2.05, 4.69) is 86.8 Å². The summed E-state index contributed by atoms with van der Waals surface area (Å²) in [5.74, 6) is -2.39. The van der Waals surface area contributed by atoms with Gasteiger partial charge in [-0.1, -0.05) is 279 Å². The van der Waals surface area contributed by atoms with Crippen LogP contribution in [0.1, 0.15) is 284 Å². The Hall–Kier alpha value is -3.53. The zero-order valence-electron chi connectivity index (χ0n) is 52.0. The first-order valence-electron chi connectivity index (χ1n) is 32.7. The standard InChI is InChI=1S/C70H123NO8/c1-6-8-10-12-14-16-18-20-22-24-26-27-28-29-30-31-32-33-34-35-36-37-38-39-40-41-43-44-46-48-50-52-54-56-58-60-67(72)77-64-66(65-78-70(69(74)75)76-63-62-71(3,4)5)79-68(73)61-59-57-55-53-51-49-47-45-42-25-23-21-19-17-15-13-11-9-7-2/h9,11,15,17,21,23-24,26,42,45,49,51,55,57,66,70H,6-8,10,12-14,16,18-20,22,25,27-41,43-44,46-48,50,52-54,56,58-65H2,1-5H3/b11-9-,17-15-,23-21-,26-24-,45-42-,51-49-,57-55-. The minimum absolute atomic E-state index is 0.120. The maximum Gasteiger partial charge on any atom is 0.306 e. The normalized spacial score (nSPS) is 13.3. The van der Waals surface area contributed by atoms with E-state index in [0.29, 0.717) is 17.4 Å². The predicted molar refractivity (Wildman–Crippen MR) is 334 cm³/mol. The van der Waals surface area contributed by atoms with Crippen LogP contribution >= 0.6 is 0 Å². The summed E-state index contributed by atoms with van der Waals surface area (Å²) in [4.78, 5) is 37.3. The van der Waals surface area contributed by atoms with Gasteiger partial charge in [0, 0.05) is 12.8 Å².